The highest BCUT2D eigenvalue weighted by atomic mass is 35.5. The van der Waals surface area contributed by atoms with Gasteiger partial charge in [0.2, 0.25) is 0 Å². The van der Waals surface area contributed by atoms with Crippen molar-refractivity contribution in [3.05, 3.63) is 87.8 Å². The van der Waals surface area contributed by atoms with Crippen LogP contribution in [0, 0.1) is 0 Å². The average Bonchev–Trinajstić information content (AvgIpc) is 3.07. The van der Waals surface area contributed by atoms with Crippen LogP contribution in [0.4, 0.5) is 5.82 Å². The first-order valence-corrected chi connectivity index (χ1v) is 10.9. The van der Waals surface area contributed by atoms with Gasteiger partial charge in [-0.25, -0.2) is 0 Å². The summed E-state index contributed by atoms with van der Waals surface area (Å²) in [7, 11) is 0. The molecule has 7 nitrogen and oxygen atoms in total. The Kier molecular flexibility index (Phi) is 5.41. The molecule has 3 heterocycles. The summed E-state index contributed by atoms with van der Waals surface area (Å²) in [4.78, 5) is 32.6. The summed E-state index contributed by atoms with van der Waals surface area (Å²) in [5.74, 6) is 0.699. The van der Waals surface area contributed by atoms with Gasteiger partial charge in [0.1, 0.15) is 11.5 Å². The molecule has 0 saturated carbocycles. The van der Waals surface area contributed by atoms with Crippen LogP contribution in [0.25, 0.3) is 16.6 Å². The van der Waals surface area contributed by atoms with Crippen LogP contribution < -0.4 is 10.5 Å². The molecule has 2 aromatic heterocycles. The molecule has 4 aromatic rings. The number of halogens is 1. The average molecular weight is 448 g/mol. The van der Waals surface area contributed by atoms with E-state index in [-0.39, 0.29) is 11.5 Å². The smallest absolute Gasteiger partial charge is 0.271 e. The van der Waals surface area contributed by atoms with Gasteiger partial charge in [-0.3, -0.25) is 9.59 Å². The maximum absolute atomic E-state index is 13.1. The number of anilines is 1. The van der Waals surface area contributed by atoms with E-state index in [1.807, 2.05) is 53.4 Å². The molecule has 1 aliphatic rings. The lowest BCUT2D eigenvalue weighted by atomic mass is 10.2. The number of nitrogens with one attached hydrogen (secondary N) is 1. The van der Waals surface area contributed by atoms with E-state index in [0.29, 0.717) is 30.4 Å². The molecular formula is C24H22ClN5O2. The van der Waals surface area contributed by atoms with E-state index in [9.17, 15) is 9.59 Å². The van der Waals surface area contributed by atoms with Gasteiger partial charge in [-0.2, -0.15) is 4.68 Å². The number of fused-ring (bicyclic) bond motifs is 1. The van der Waals surface area contributed by atoms with Crippen molar-refractivity contribution in [2.75, 3.05) is 31.1 Å². The Balaban J connectivity index is 1.34. The fourth-order valence-corrected chi connectivity index (χ4v) is 4.24. The van der Waals surface area contributed by atoms with Gasteiger partial charge in [0, 0.05) is 48.2 Å². The molecule has 0 atom stereocenters. The number of aromatic amines is 1. The lowest BCUT2D eigenvalue weighted by Crippen LogP contribution is -2.36. The minimum Gasteiger partial charge on any atom is -0.353 e. The molecular weight excluding hydrogens is 426 g/mol. The van der Waals surface area contributed by atoms with Gasteiger partial charge < -0.3 is 14.8 Å². The number of rotatable bonds is 3. The Labute approximate surface area is 189 Å². The number of hydrogen-bond acceptors (Lipinski definition) is 4. The van der Waals surface area contributed by atoms with Crippen LogP contribution in [0.2, 0.25) is 5.02 Å². The lowest BCUT2D eigenvalue weighted by Gasteiger charge is -2.23. The minimum atomic E-state index is -0.175. The van der Waals surface area contributed by atoms with Gasteiger partial charge in [0.05, 0.1) is 5.69 Å². The van der Waals surface area contributed by atoms with Crippen molar-refractivity contribution in [3.8, 4) is 5.69 Å². The lowest BCUT2D eigenvalue weighted by molar-refractivity contribution is 0.0762. The monoisotopic (exact) mass is 447 g/mol. The highest BCUT2D eigenvalue weighted by Crippen LogP contribution is 2.22. The van der Waals surface area contributed by atoms with E-state index in [0.717, 1.165) is 35.4 Å². The topological polar surface area (TPSA) is 74.2 Å². The molecule has 0 spiro atoms. The summed E-state index contributed by atoms with van der Waals surface area (Å²) >= 11 is 6.07. The van der Waals surface area contributed by atoms with E-state index in [1.54, 1.807) is 18.2 Å². The van der Waals surface area contributed by atoms with E-state index >= 15 is 0 Å². The fraction of sp³-hybridized carbons (Fsp3) is 0.208. The molecule has 32 heavy (non-hydrogen) atoms. The van der Waals surface area contributed by atoms with E-state index < -0.39 is 0 Å². The molecule has 0 bridgehead atoms. The fourth-order valence-electron chi connectivity index (χ4n) is 4.06. The molecule has 1 fully saturated rings. The maximum Gasteiger partial charge on any atom is 0.271 e. The zero-order valence-electron chi connectivity index (χ0n) is 17.4. The van der Waals surface area contributed by atoms with Crippen LogP contribution in [-0.2, 0) is 0 Å². The maximum atomic E-state index is 13.1. The summed E-state index contributed by atoms with van der Waals surface area (Å²) < 4.78 is 1.42. The van der Waals surface area contributed by atoms with Crippen LogP contribution in [-0.4, -0.2) is 51.8 Å². The zero-order valence-corrected chi connectivity index (χ0v) is 18.1. The number of nitrogens with zero attached hydrogens (tertiary/aromatic N) is 4. The second-order valence-electron chi connectivity index (χ2n) is 7.82. The summed E-state index contributed by atoms with van der Waals surface area (Å²) in [6.45, 7) is 2.62. The van der Waals surface area contributed by atoms with Gasteiger partial charge in [0.25, 0.3) is 11.5 Å². The number of H-pyrrole nitrogens is 1. The van der Waals surface area contributed by atoms with Crippen molar-refractivity contribution in [3.63, 3.8) is 0 Å². The second kappa shape index (κ2) is 8.51. The van der Waals surface area contributed by atoms with Crippen LogP contribution >= 0.6 is 11.6 Å². The van der Waals surface area contributed by atoms with Crippen molar-refractivity contribution in [1.82, 2.24) is 19.7 Å². The number of aromatic nitrogens is 3. The Morgan fingerprint density at radius 3 is 2.62 bits per heavy atom. The van der Waals surface area contributed by atoms with E-state index in [2.05, 4.69) is 15.0 Å². The summed E-state index contributed by atoms with van der Waals surface area (Å²) in [6, 6.07) is 20.0. The van der Waals surface area contributed by atoms with Crippen molar-refractivity contribution in [2.45, 2.75) is 6.42 Å². The third-order valence-electron chi connectivity index (χ3n) is 5.71. The molecule has 8 heteroatoms. The molecule has 1 saturated heterocycles. The Hall–Kier alpha value is -3.58. The number of hydrogen-bond donors (Lipinski definition) is 1. The van der Waals surface area contributed by atoms with E-state index in [4.69, 9.17) is 11.6 Å². The van der Waals surface area contributed by atoms with Crippen molar-refractivity contribution >= 4 is 34.2 Å². The van der Waals surface area contributed by atoms with Gasteiger partial charge in [-0.15, -0.1) is 5.10 Å². The predicted molar refractivity (Wildman–Crippen MR) is 126 cm³/mol. The highest BCUT2D eigenvalue weighted by Gasteiger charge is 2.22. The van der Waals surface area contributed by atoms with Crippen LogP contribution in [0.15, 0.2) is 71.5 Å². The van der Waals surface area contributed by atoms with E-state index in [1.165, 1.54) is 4.68 Å². The zero-order chi connectivity index (χ0) is 22.1. The van der Waals surface area contributed by atoms with Gasteiger partial charge >= 0.3 is 0 Å². The van der Waals surface area contributed by atoms with Gasteiger partial charge in [-0.05, 0) is 48.9 Å². The third kappa shape index (κ3) is 3.99. The second-order valence-corrected chi connectivity index (χ2v) is 8.26. The third-order valence-corrected chi connectivity index (χ3v) is 5.94. The molecule has 162 valence electrons. The quantitative estimate of drug-likeness (QED) is 0.519. The summed E-state index contributed by atoms with van der Waals surface area (Å²) in [6.07, 6.45) is 0.809. The molecule has 0 unspecified atom stereocenters. The molecule has 1 amide bonds. The van der Waals surface area contributed by atoms with Gasteiger partial charge in [0.15, 0.2) is 0 Å². The molecule has 2 aromatic carbocycles. The summed E-state index contributed by atoms with van der Waals surface area (Å²) in [5.41, 5.74) is 2.00. The number of amides is 1. The first-order chi connectivity index (χ1) is 15.6. The van der Waals surface area contributed by atoms with Crippen molar-refractivity contribution in [1.29, 1.82) is 0 Å². The number of carbonyl (C=O) groups excluding carboxylic acids is 1. The number of benzene rings is 2. The molecule has 5 rings (SSSR count). The largest absolute Gasteiger partial charge is 0.353 e. The molecule has 0 radical (unpaired) electrons. The van der Waals surface area contributed by atoms with Gasteiger partial charge in [-0.1, -0.05) is 29.8 Å². The molecule has 1 N–H and O–H groups in total. The Morgan fingerprint density at radius 2 is 1.78 bits per heavy atom. The predicted octanol–water partition coefficient (Wildman–Crippen LogP) is 3.72. The summed E-state index contributed by atoms with van der Waals surface area (Å²) in [5, 5.41) is 6.15. The first-order valence-electron chi connectivity index (χ1n) is 10.6. The van der Waals surface area contributed by atoms with Crippen LogP contribution in [0.5, 0.6) is 0 Å². The number of carbonyl (C=O) groups is 1. The standard InChI is InChI=1S/C24H22ClN5O2/c25-18-7-8-20-17(15-18)16-21(26-20)24(32)29-12-4-11-28(13-14-29)22-9-10-23(31)30(27-22)19-5-2-1-3-6-19/h1-3,5-10,15-16,26H,4,11-14H2. The number of para-hydroxylation sites is 1. The van der Waals surface area contributed by atoms with Crippen LogP contribution in [0.1, 0.15) is 16.9 Å². The highest BCUT2D eigenvalue weighted by molar-refractivity contribution is 6.31. The minimum absolute atomic E-state index is 0.0265. The first kappa shape index (κ1) is 20.3. The van der Waals surface area contributed by atoms with Crippen molar-refractivity contribution in [2.24, 2.45) is 0 Å². The Morgan fingerprint density at radius 1 is 0.938 bits per heavy atom. The van der Waals surface area contributed by atoms with Crippen molar-refractivity contribution < 1.29 is 4.79 Å². The Bertz CT molecular complexity index is 1330. The normalized spacial score (nSPS) is 14.5. The van der Waals surface area contributed by atoms with Crippen LogP contribution in [0.3, 0.4) is 0 Å². The molecule has 1 aliphatic heterocycles. The SMILES string of the molecule is O=C(c1cc2cc(Cl)ccc2[nH]1)N1CCCN(c2ccc(=O)n(-c3ccccc3)n2)CC1. The molecule has 0 aliphatic carbocycles.